The number of alkyl halides is 3. The zero-order valence-corrected chi connectivity index (χ0v) is 9.71. The average Bonchev–Trinajstić information content (AvgIpc) is 1.83. The lowest BCUT2D eigenvalue weighted by atomic mass is 9.76. The highest BCUT2D eigenvalue weighted by Gasteiger charge is 2.36. The molecule has 0 aliphatic carbocycles. The lowest BCUT2D eigenvalue weighted by Crippen LogP contribution is -2.32. The maximum Gasteiger partial charge on any atom is 0.246 e. The summed E-state index contributed by atoms with van der Waals surface area (Å²) in [7, 11) is 0. The van der Waals surface area contributed by atoms with Gasteiger partial charge in [-0.2, -0.15) is 0 Å². The van der Waals surface area contributed by atoms with E-state index in [1.807, 2.05) is 20.8 Å². The lowest BCUT2D eigenvalue weighted by molar-refractivity contribution is -0.0305. The van der Waals surface area contributed by atoms with E-state index in [1.54, 1.807) is 0 Å². The first-order valence-corrected chi connectivity index (χ1v) is 5.27. The molecule has 0 saturated carbocycles. The fourth-order valence-electron chi connectivity index (χ4n) is 1.11. The molecule has 0 fully saturated rings. The SMILES string of the molecule is CC(C)C(C)(CBr)CC(C)(F)F. The molecule has 0 N–H and O–H groups in total. The van der Waals surface area contributed by atoms with Gasteiger partial charge in [-0.3, -0.25) is 0 Å². The van der Waals surface area contributed by atoms with Gasteiger partial charge in [0.1, 0.15) is 0 Å². The summed E-state index contributed by atoms with van der Waals surface area (Å²) >= 11 is 3.29. The summed E-state index contributed by atoms with van der Waals surface area (Å²) in [6.07, 6.45) is -0.0527. The zero-order valence-electron chi connectivity index (χ0n) is 8.13. The monoisotopic (exact) mass is 242 g/mol. The molecule has 0 bridgehead atoms. The van der Waals surface area contributed by atoms with Gasteiger partial charge in [-0.15, -0.1) is 0 Å². The molecule has 0 amide bonds. The van der Waals surface area contributed by atoms with Crippen LogP contribution in [0.3, 0.4) is 0 Å². The van der Waals surface area contributed by atoms with Crippen molar-refractivity contribution in [3.8, 4) is 0 Å². The van der Waals surface area contributed by atoms with E-state index in [1.165, 1.54) is 0 Å². The molecule has 3 heteroatoms. The Morgan fingerprint density at radius 2 is 1.67 bits per heavy atom. The van der Waals surface area contributed by atoms with Crippen LogP contribution in [0.1, 0.15) is 34.1 Å². The van der Waals surface area contributed by atoms with Crippen molar-refractivity contribution in [1.82, 2.24) is 0 Å². The Bertz CT molecular complexity index is 140. The van der Waals surface area contributed by atoms with Crippen molar-refractivity contribution in [3.63, 3.8) is 0 Å². The van der Waals surface area contributed by atoms with Crippen molar-refractivity contribution in [2.75, 3.05) is 5.33 Å². The Morgan fingerprint density at radius 3 is 1.75 bits per heavy atom. The maximum absolute atomic E-state index is 12.7. The number of hydrogen-bond acceptors (Lipinski definition) is 0. The van der Waals surface area contributed by atoms with Crippen molar-refractivity contribution < 1.29 is 8.78 Å². The third kappa shape index (κ3) is 3.83. The van der Waals surface area contributed by atoms with Gasteiger partial charge in [0.15, 0.2) is 0 Å². The Hall–Kier alpha value is 0.340. The Morgan fingerprint density at radius 1 is 1.25 bits per heavy atom. The molecular weight excluding hydrogens is 226 g/mol. The molecule has 0 aromatic carbocycles. The van der Waals surface area contributed by atoms with E-state index in [2.05, 4.69) is 15.9 Å². The molecule has 0 aliphatic rings. The quantitative estimate of drug-likeness (QED) is 0.652. The van der Waals surface area contributed by atoms with Gasteiger partial charge in [0.25, 0.3) is 0 Å². The summed E-state index contributed by atoms with van der Waals surface area (Å²) in [6, 6.07) is 0. The molecule has 0 saturated heterocycles. The minimum absolute atomic E-state index is 0.0527. The number of halogens is 3. The number of hydrogen-bond donors (Lipinski definition) is 0. The molecule has 74 valence electrons. The molecule has 1 unspecified atom stereocenters. The summed E-state index contributed by atoms with van der Waals surface area (Å²) in [5, 5.41) is 0.626. The topological polar surface area (TPSA) is 0 Å². The normalized spacial score (nSPS) is 18.0. The fourth-order valence-corrected chi connectivity index (χ4v) is 1.96. The molecule has 0 radical (unpaired) electrons. The largest absolute Gasteiger partial charge is 0.246 e. The van der Waals surface area contributed by atoms with Crippen LogP contribution >= 0.6 is 15.9 Å². The van der Waals surface area contributed by atoms with Crippen molar-refractivity contribution in [2.45, 2.75) is 40.0 Å². The van der Waals surface area contributed by atoms with Crippen LogP contribution in [-0.4, -0.2) is 11.3 Å². The standard InChI is InChI=1S/C9H17BrF2/c1-7(2)8(3,6-10)5-9(4,11)12/h7H,5-6H2,1-4H3. The van der Waals surface area contributed by atoms with Crippen molar-refractivity contribution >= 4 is 15.9 Å². The molecular formula is C9H17BrF2. The first-order chi connectivity index (χ1) is 5.21. The predicted octanol–water partition coefficient (Wildman–Crippen LogP) is 4.09. The second kappa shape index (κ2) is 4.03. The van der Waals surface area contributed by atoms with E-state index < -0.39 is 5.92 Å². The van der Waals surface area contributed by atoms with Crippen molar-refractivity contribution in [3.05, 3.63) is 0 Å². The van der Waals surface area contributed by atoms with E-state index in [4.69, 9.17) is 0 Å². The van der Waals surface area contributed by atoms with Gasteiger partial charge in [-0.25, -0.2) is 8.78 Å². The molecule has 0 spiro atoms. The molecule has 0 nitrogen and oxygen atoms in total. The van der Waals surface area contributed by atoms with Gasteiger partial charge in [-0.05, 0) is 18.3 Å². The van der Waals surface area contributed by atoms with Crippen LogP contribution < -0.4 is 0 Å². The van der Waals surface area contributed by atoms with Crippen molar-refractivity contribution in [1.29, 1.82) is 0 Å². The Kier molecular flexibility index (Phi) is 4.15. The maximum atomic E-state index is 12.7. The van der Waals surface area contributed by atoms with Crippen LogP contribution in [0.25, 0.3) is 0 Å². The van der Waals surface area contributed by atoms with Gasteiger partial charge in [-0.1, -0.05) is 36.7 Å². The van der Waals surface area contributed by atoms with E-state index in [0.29, 0.717) is 5.33 Å². The Balaban J connectivity index is 4.35. The van der Waals surface area contributed by atoms with Crippen LogP contribution in [0, 0.1) is 11.3 Å². The molecule has 0 aromatic rings. The summed E-state index contributed by atoms with van der Waals surface area (Å²) in [5.74, 6) is -2.30. The predicted molar refractivity (Wildman–Crippen MR) is 52.0 cm³/mol. The van der Waals surface area contributed by atoms with Crippen LogP contribution in [0.15, 0.2) is 0 Å². The van der Waals surface area contributed by atoms with Crippen LogP contribution in [0.2, 0.25) is 0 Å². The highest BCUT2D eigenvalue weighted by atomic mass is 79.9. The molecule has 1 atom stereocenters. The molecule has 12 heavy (non-hydrogen) atoms. The van der Waals surface area contributed by atoms with Gasteiger partial charge in [0, 0.05) is 11.8 Å². The van der Waals surface area contributed by atoms with E-state index in [-0.39, 0.29) is 17.8 Å². The third-order valence-corrected chi connectivity index (χ3v) is 3.69. The Labute approximate surface area is 81.9 Å². The smallest absolute Gasteiger partial charge is 0.207 e. The minimum Gasteiger partial charge on any atom is -0.207 e. The highest BCUT2D eigenvalue weighted by Crippen LogP contribution is 2.39. The summed E-state index contributed by atoms with van der Waals surface area (Å²) < 4.78 is 25.5. The second-order valence-corrected chi connectivity index (χ2v) is 4.75. The van der Waals surface area contributed by atoms with Gasteiger partial charge >= 0.3 is 0 Å². The third-order valence-electron chi connectivity index (χ3n) is 2.41. The summed E-state index contributed by atoms with van der Waals surface area (Å²) in [5.41, 5.74) is -0.307. The van der Waals surface area contributed by atoms with Crippen molar-refractivity contribution in [2.24, 2.45) is 11.3 Å². The highest BCUT2D eigenvalue weighted by molar-refractivity contribution is 9.09. The minimum atomic E-state index is -2.56. The van der Waals surface area contributed by atoms with E-state index in [9.17, 15) is 8.78 Å². The van der Waals surface area contributed by atoms with Gasteiger partial charge < -0.3 is 0 Å². The molecule has 0 aromatic heterocycles. The first kappa shape index (κ1) is 12.3. The van der Waals surface area contributed by atoms with E-state index in [0.717, 1.165) is 6.92 Å². The van der Waals surface area contributed by atoms with Gasteiger partial charge in [0.2, 0.25) is 5.92 Å². The van der Waals surface area contributed by atoms with Gasteiger partial charge in [0.05, 0.1) is 0 Å². The zero-order chi connectivity index (χ0) is 9.99. The number of rotatable bonds is 4. The van der Waals surface area contributed by atoms with Crippen LogP contribution in [0.5, 0.6) is 0 Å². The molecule has 0 aliphatic heterocycles. The second-order valence-electron chi connectivity index (χ2n) is 4.19. The summed E-state index contributed by atoms with van der Waals surface area (Å²) in [4.78, 5) is 0. The summed E-state index contributed by atoms with van der Waals surface area (Å²) in [6.45, 7) is 6.83. The van der Waals surface area contributed by atoms with Crippen LogP contribution in [0.4, 0.5) is 8.78 Å². The van der Waals surface area contributed by atoms with Crippen LogP contribution in [-0.2, 0) is 0 Å². The molecule has 0 rings (SSSR count). The van der Waals surface area contributed by atoms with E-state index >= 15 is 0 Å². The average molecular weight is 243 g/mol. The fraction of sp³-hybridized carbons (Fsp3) is 1.00. The molecule has 0 heterocycles. The first-order valence-electron chi connectivity index (χ1n) is 4.15. The lowest BCUT2D eigenvalue weighted by Gasteiger charge is -2.34.